The Morgan fingerprint density at radius 1 is 1.33 bits per heavy atom. The van der Waals surface area contributed by atoms with E-state index in [4.69, 9.17) is 23.2 Å². The topological polar surface area (TPSA) is 46.4 Å². The molecule has 0 saturated heterocycles. The van der Waals surface area contributed by atoms with Crippen molar-refractivity contribution in [3.63, 3.8) is 0 Å². The molecule has 1 aromatic carbocycles. The van der Waals surface area contributed by atoms with Gasteiger partial charge in [0.1, 0.15) is 0 Å². The summed E-state index contributed by atoms with van der Waals surface area (Å²) in [4.78, 5) is 17.2. The van der Waals surface area contributed by atoms with Crippen LogP contribution < -0.4 is 10.9 Å². The van der Waals surface area contributed by atoms with Gasteiger partial charge in [-0.15, -0.1) is 11.3 Å². The first-order chi connectivity index (χ1) is 10.0. The van der Waals surface area contributed by atoms with Crippen LogP contribution in [-0.2, 0) is 6.54 Å². The lowest BCUT2D eigenvalue weighted by Gasteiger charge is -2.08. The van der Waals surface area contributed by atoms with Crippen LogP contribution in [-0.4, -0.2) is 9.38 Å². The van der Waals surface area contributed by atoms with Crippen molar-refractivity contribution in [2.45, 2.75) is 13.5 Å². The molecule has 0 amide bonds. The van der Waals surface area contributed by atoms with E-state index >= 15 is 0 Å². The number of hydrogen-bond donors (Lipinski definition) is 1. The molecular weight excluding hydrogens is 329 g/mol. The predicted molar refractivity (Wildman–Crippen MR) is 87.9 cm³/mol. The van der Waals surface area contributed by atoms with E-state index < -0.39 is 0 Å². The fraction of sp³-hybridized carbons (Fsp3) is 0.143. The van der Waals surface area contributed by atoms with E-state index in [0.29, 0.717) is 27.2 Å². The van der Waals surface area contributed by atoms with Gasteiger partial charge in [0.15, 0.2) is 4.96 Å². The van der Waals surface area contributed by atoms with E-state index in [1.165, 1.54) is 17.4 Å². The number of hydrogen-bond acceptors (Lipinski definition) is 4. The Kier molecular flexibility index (Phi) is 3.89. The first kappa shape index (κ1) is 14.4. The predicted octanol–water partition coefficient (Wildman–Crippen LogP) is 3.98. The summed E-state index contributed by atoms with van der Waals surface area (Å²) in [6.07, 6.45) is 0. The van der Waals surface area contributed by atoms with Crippen LogP contribution in [0.25, 0.3) is 4.96 Å². The SMILES string of the molecule is Cc1csc2nc(CNc3ccc(Cl)cc3Cl)cc(=O)n12. The summed E-state index contributed by atoms with van der Waals surface area (Å²) in [5.74, 6) is 0. The molecule has 2 heterocycles. The molecule has 2 aromatic heterocycles. The standard InChI is InChI=1S/C14H11Cl2N3OS/c1-8-7-21-14-18-10(5-13(20)19(8)14)6-17-12-3-2-9(15)4-11(12)16/h2-5,7,17H,6H2,1H3. The van der Waals surface area contributed by atoms with Crippen molar-refractivity contribution in [2.24, 2.45) is 0 Å². The number of thiazole rings is 1. The molecule has 3 rings (SSSR count). The number of anilines is 1. The summed E-state index contributed by atoms with van der Waals surface area (Å²) in [6, 6.07) is 6.75. The Bertz CT molecular complexity index is 872. The van der Waals surface area contributed by atoms with Gasteiger partial charge in [0.2, 0.25) is 0 Å². The van der Waals surface area contributed by atoms with Crippen LogP contribution in [0.4, 0.5) is 5.69 Å². The van der Waals surface area contributed by atoms with Crippen LogP contribution in [0.15, 0.2) is 34.4 Å². The highest BCUT2D eigenvalue weighted by atomic mass is 35.5. The Morgan fingerprint density at radius 2 is 2.14 bits per heavy atom. The van der Waals surface area contributed by atoms with Crippen molar-refractivity contribution in [3.8, 4) is 0 Å². The molecule has 3 aromatic rings. The maximum absolute atomic E-state index is 12.1. The maximum Gasteiger partial charge on any atom is 0.259 e. The number of fused-ring (bicyclic) bond motifs is 1. The van der Waals surface area contributed by atoms with Crippen LogP contribution in [0, 0.1) is 6.92 Å². The Hall–Kier alpha value is -1.56. The number of nitrogens with zero attached hydrogens (tertiary/aromatic N) is 2. The zero-order valence-electron chi connectivity index (χ0n) is 11.1. The highest BCUT2D eigenvalue weighted by Gasteiger charge is 2.07. The van der Waals surface area contributed by atoms with Crippen molar-refractivity contribution < 1.29 is 0 Å². The molecule has 1 N–H and O–H groups in total. The van der Waals surface area contributed by atoms with E-state index in [2.05, 4.69) is 10.3 Å². The second kappa shape index (κ2) is 5.67. The Labute approximate surface area is 135 Å². The summed E-state index contributed by atoms with van der Waals surface area (Å²) in [6.45, 7) is 2.31. The minimum Gasteiger partial charge on any atom is -0.378 e. The minimum absolute atomic E-state index is 0.0715. The summed E-state index contributed by atoms with van der Waals surface area (Å²) in [7, 11) is 0. The molecule has 0 aliphatic carbocycles. The molecule has 21 heavy (non-hydrogen) atoms. The van der Waals surface area contributed by atoms with Gasteiger partial charge >= 0.3 is 0 Å². The summed E-state index contributed by atoms with van der Waals surface area (Å²) in [5, 5.41) is 6.19. The van der Waals surface area contributed by atoms with Gasteiger partial charge in [-0.05, 0) is 25.1 Å². The smallest absolute Gasteiger partial charge is 0.259 e. The molecule has 108 valence electrons. The number of aromatic nitrogens is 2. The maximum atomic E-state index is 12.1. The van der Waals surface area contributed by atoms with Crippen molar-refractivity contribution in [3.05, 3.63) is 61.4 Å². The van der Waals surface area contributed by atoms with Gasteiger partial charge in [-0.1, -0.05) is 23.2 Å². The summed E-state index contributed by atoms with van der Waals surface area (Å²) >= 11 is 13.4. The van der Waals surface area contributed by atoms with Gasteiger partial charge in [0.25, 0.3) is 5.56 Å². The van der Waals surface area contributed by atoms with Gasteiger partial charge in [0, 0.05) is 22.2 Å². The van der Waals surface area contributed by atoms with E-state index in [9.17, 15) is 4.79 Å². The highest BCUT2D eigenvalue weighted by Crippen LogP contribution is 2.25. The van der Waals surface area contributed by atoms with Gasteiger partial charge in [-0.2, -0.15) is 0 Å². The van der Waals surface area contributed by atoms with Crippen LogP contribution in [0.5, 0.6) is 0 Å². The average molecular weight is 340 g/mol. The van der Waals surface area contributed by atoms with Crippen LogP contribution in [0.3, 0.4) is 0 Å². The first-order valence-corrected chi connectivity index (χ1v) is 7.84. The summed E-state index contributed by atoms with van der Waals surface area (Å²) < 4.78 is 1.60. The van der Waals surface area contributed by atoms with Crippen molar-refractivity contribution in [1.29, 1.82) is 0 Å². The highest BCUT2D eigenvalue weighted by molar-refractivity contribution is 7.15. The van der Waals surface area contributed by atoms with E-state index in [1.807, 2.05) is 12.3 Å². The van der Waals surface area contributed by atoms with Crippen molar-refractivity contribution >= 4 is 45.2 Å². The lowest BCUT2D eigenvalue weighted by atomic mass is 10.3. The molecule has 0 aliphatic rings. The largest absolute Gasteiger partial charge is 0.378 e. The zero-order chi connectivity index (χ0) is 15.0. The number of halogens is 2. The third-order valence-electron chi connectivity index (χ3n) is 3.02. The number of benzene rings is 1. The van der Waals surface area contributed by atoms with Gasteiger partial charge in [0.05, 0.1) is 22.9 Å². The molecule has 0 saturated carbocycles. The fourth-order valence-corrected chi connectivity index (χ4v) is 3.38. The third-order valence-corrected chi connectivity index (χ3v) is 4.51. The van der Waals surface area contributed by atoms with Crippen LogP contribution in [0.1, 0.15) is 11.4 Å². The van der Waals surface area contributed by atoms with E-state index in [-0.39, 0.29) is 5.56 Å². The molecule has 0 bridgehead atoms. The lowest BCUT2D eigenvalue weighted by molar-refractivity contribution is 0.966. The van der Waals surface area contributed by atoms with Gasteiger partial charge in [-0.3, -0.25) is 9.20 Å². The Morgan fingerprint density at radius 3 is 2.90 bits per heavy atom. The number of rotatable bonds is 3. The van der Waals surface area contributed by atoms with E-state index in [1.54, 1.807) is 22.6 Å². The molecular formula is C14H11Cl2N3OS. The molecule has 0 unspecified atom stereocenters. The van der Waals surface area contributed by atoms with E-state index in [0.717, 1.165) is 11.4 Å². The normalized spacial score (nSPS) is 11.0. The van der Waals surface area contributed by atoms with Crippen LogP contribution >= 0.6 is 34.5 Å². The molecule has 0 radical (unpaired) electrons. The Balaban J connectivity index is 1.87. The monoisotopic (exact) mass is 339 g/mol. The quantitative estimate of drug-likeness (QED) is 0.784. The zero-order valence-corrected chi connectivity index (χ0v) is 13.4. The molecule has 0 atom stereocenters. The molecule has 0 fully saturated rings. The fourth-order valence-electron chi connectivity index (χ4n) is 2.01. The second-order valence-corrected chi connectivity index (χ2v) is 6.24. The molecule has 7 heteroatoms. The van der Waals surface area contributed by atoms with Gasteiger partial charge < -0.3 is 5.32 Å². The molecule has 0 aliphatic heterocycles. The number of aryl methyl sites for hydroxylation is 1. The average Bonchev–Trinajstić information content (AvgIpc) is 2.80. The summed E-state index contributed by atoms with van der Waals surface area (Å²) in [5.41, 5.74) is 2.25. The first-order valence-electron chi connectivity index (χ1n) is 6.20. The minimum atomic E-state index is -0.0715. The van der Waals surface area contributed by atoms with Gasteiger partial charge in [-0.25, -0.2) is 4.98 Å². The molecule has 4 nitrogen and oxygen atoms in total. The number of nitrogens with one attached hydrogen (secondary N) is 1. The second-order valence-electron chi connectivity index (χ2n) is 4.56. The third kappa shape index (κ3) is 2.90. The van der Waals surface area contributed by atoms with Crippen molar-refractivity contribution in [2.75, 3.05) is 5.32 Å². The van der Waals surface area contributed by atoms with Crippen LogP contribution in [0.2, 0.25) is 10.0 Å². The van der Waals surface area contributed by atoms with Crippen molar-refractivity contribution in [1.82, 2.24) is 9.38 Å². The molecule has 0 spiro atoms. The lowest BCUT2D eigenvalue weighted by Crippen LogP contribution is -2.16.